The molecule has 0 unspecified atom stereocenters. The first-order chi connectivity index (χ1) is 8.15. The van der Waals surface area contributed by atoms with E-state index >= 15 is 0 Å². The number of aromatic hydroxyl groups is 1. The Morgan fingerprint density at radius 2 is 2.24 bits per heavy atom. The van der Waals surface area contributed by atoms with Crippen molar-refractivity contribution in [2.24, 2.45) is 0 Å². The molecule has 0 saturated carbocycles. The number of amides is 1. The van der Waals surface area contributed by atoms with Gasteiger partial charge in [-0.2, -0.15) is 0 Å². The Morgan fingerprint density at radius 1 is 1.47 bits per heavy atom. The van der Waals surface area contributed by atoms with Crippen LogP contribution in [0.25, 0.3) is 0 Å². The largest absolute Gasteiger partial charge is 0.508 e. The van der Waals surface area contributed by atoms with E-state index in [4.69, 9.17) is 4.74 Å². The second-order valence-corrected chi connectivity index (χ2v) is 3.81. The van der Waals surface area contributed by atoms with Crippen molar-refractivity contribution in [1.82, 2.24) is 5.32 Å². The van der Waals surface area contributed by atoms with Gasteiger partial charge in [-0.25, -0.2) is 0 Å². The van der Waals surface area contributed by atoms with Crippen molar-refractivity contribution in [1.29, 1.82) is 0 Å². The molecule has 0 aromatic heterocycles. The number of nitrogens with one attached hydrogen (secondary N) is 1. The van der Waals surface area contributed by atoms with E-state index in [0.717, 1.165) is 6.42 Å². The molecule has 4 heteroatoms. The van der Waals surface area contributed by atoms with E-state index in [1.165, 1.54) is 6.07 Å². The summed E-state index contributed by atoms with van der Waals surface area (Å²) in [6.45, 7) is 5.66. The maximum Gasteiger partial charge on any atom is 0.251 e. The summed E-state index contributed by atoms with van der Waals surface area (Å²) in [4.78, 5) is 11.7. The van der Waals surface area contributed by atoms with Crippen LogP contribution in [0.1, 0.15) is 29.3 Å². The smallest absolute Gasteiger partial charge is 0.251 e. The molecule has 0 aliphatic rings. The van der Waals surface area contributed by atoms with Crippen LogP contribution in [0.5, 0.6) is 5.75 Å². The Labute approximate surface area is 102 Å². The molecule has 4 nitrogen and oxygen atoms in total. The molecule has 94 valence electrons. The lowest BCUT2D eigenvalue weighted by Crippen LogP contribution is -2.25. The molecule has 0 atom stereocenters. The molecular weight excluding hydrogens is 218 g/mol. The van der Waals surface area contributed by atoms with Gasteiger partial charge in [0, 0.05) is 25.3 Å². The van der Waals surface area contributed by atoms with Gasteiger partial charge in [0.25, 0.3) is 5.91 Å². The van der Waals surface area contributed by atoms with Crippen LogP contribution in [0.15, 0.2) is 18.2 Å². The number of rotatable bonds is 6. The number of aryl methyl sites for hydroxylation is 1. The zero-order valence-corrected chi connectivity index (χ0v) is 10.3. The molecule has 0 aliphatic heterocycles. The summed E-state index contributed by atoms with van der Waals surface area (Å²) in [7, 11) is 0. The minimum atomic E-state index is -0.121. The molecule has 1 aromatic rings. The van der Waals surface area contributed by atoms with E-state index in [0.29, 0.717) is 30.9 Å². The lowest BCUT2D eigenvalue weighted by molar-refractivity contribution is 0.0944. The molecule has 0 aliphatic carbocycles. The fraction of sp³-hybridized carbons (Fsp3) is 0.462. The molecule has 1 aromatic carbocycles. The van der Waals surface area contributed by atoms with Crippen LogP contribution in [0.4, 0.5) is 0 Å². The van der Waals surface area contributed by atoms with E-state index in [1.54, 1.807) is 19.1 Å². The third-order valence-electron chi connectivity index (χ3n) is 2.41. The Morgan fingerprint density at radius 3 is 2.88 bits per heavy atom. The number of hydrogen-bond donors (Lipinski definition) is 2. The Kier molecular flexibility index (Phi) is 5.49. The molecule has 0 heterocycles. The number of ether oxygens (including phenoxy) is 1. The van der Waals surface area contributed by atoms with Crippen LogP contribution in [0.3, 0.4) is 0 Å². The molecule has 0 radical (unpaired) electrons. The Hall–Kier alpha value is -1.55. The SMILES string of the molecule is CCOCCCNC(=O)c1ccc(O)c(C)c1. The van der Waals surface area contributed by atoms with E-state index in [2.05, 4.69) is 5.32 Å². The van der Waals surface area contributed by atoms with Gasteiger partial charge in [0.05, 0.1) is 0 Å². The highest BCUT2D eigenvalue weighted by molar-refractivity contribution is 5.94. The predicted molar refractivity (Wildman–Crippen MR) is 66.3 cm³/mol. The summed E-state index contributed by atoms with van der Waals surface area (Å²) in [5, 5.41) is 12.2. The average Bonchev–Trinajstić information content (AvgIpc) is 2.32. The van der Waals surface area contributed by atoms with Crippen LogP contribution in [-0.4, -0.2) is 30.8 Å². The van der Waals surface area contributed by atoms with Crippen LogP contribution in [0.2, 0.25) is 0 Å². The monoisotopic (exact) mass is 237 g/mol. The van der Waals surface area contributed by atoms with Crippen molar-refractivity contribution in [3.8, 4) is 5.75 Å². The zero-order chi connectivity index (χ0) is 12.7. The van der Waals surface area contributed by atoms with E-state index in [1.807, 2.05) is 6.92 Å². The minimum Gasteiger partial charge on any atom is -0.508 e. The lowest BCUT2D eigenvalue weighted by Gasteiger charge is -2.06. The predicted octanol–water partition coefficient (Wildman–Crippen LogP) is 1.86. The van der Waals surface area contributed by atoms with Gasteiger partial charge < -0.3 is 15.2 Å². The summed E-state index contributed by atoms with van der Waals surface area (Å²) in [5.41, 5.74) is 1.27. The number of phenols is 1. The lowest BCUT2D eigenvalue weighted by atomic mass is 10.1. The number of phenolic OH excluding ortho intramolecular Hbond substituents is 1. The Bertz CT molecular complexity index is 377. The van der Waals surface area contributed by atoms with E-state index in [9.17, 15) is 9.90 Å². The standard InChI is InChI=1S/C13H19NO3/c1-3-17-8-4-7-14-13(16)11-5-6-12(15)10(2)9-11/h5-6,9,15H,3-4,7-8H2,1-2H3,(H,14,16). The number of carbonyl (C=O) groups is 1. The maximum atomic E-state index is 11.7. The molecule has 0 bridgehead atoms. The first kappa shape index (κ1) is 13.5. The first-order valence-corrected chi connectivity index (χ1v) is 5.80. The summed E-state index contributed by atoms with van der Waals surface area (Å²) in [6.07, 6.45) is 0.802. The molecule has 0 fully saturated rings. The summed E-state index contributed by atoms with van der Waals surface area (Å²) in [6, 6.07) is 4.82. The molecule has 0 saturated heterocycles. The fourth-order valence-corrected chi connectivity index (χ4v) is 1.42. The molecule has 0 spiro atoms. The van der Waals surface area contributed by atoms with Gasteiger partial charge in [-0.05, 0) is 44.0 Å². The van der Waals surface area contributed by atoms with Crippen molar-refractivity contribution >= 4 is 5.91 Å². The molecule has 1 rings (SSSR count). The van der Waals surface area contributed by atoms with Gasteiger partial charge in [-0.3, -0.25) is 4.79 Å². The van der Waals surface area contributed by atoms with Crippen LogP contribution in [0, 0.1) is 6.92 Å². The topological polar surface area (TPSA) is 58.6 Å². The molecule has 17 heavy (non-hydrogen) atoms. The van der Waals surface area contributed by atoms with E-state index in [-0.39, 0.29) is 11.7 Å². The average molecular weight is 237 g/mol. The van der Waals surface area contributed by atoms with Gasteiger partial charge in [0.2, 0.25) is 0 Å². The molecular formula is C13H19NO3. The number of hydrogen-bond acceptors (Lipinski definition) is 3. The third kappa shape index (κ3) is 4.44. The molecule has 2 N–H and O–H groups in total. The second kappa shape index (κ2) is 6.91. The van der Waals surface area contributed by atoms with E-state index < -0.39 is 0 Å². The van der Waals surface area contributed by atoms with Crippen LogP contribution in [-0.2, 0) is 4.74 Å². The summed E-state index contributed by atoms with van der Waals surface area (Å²) >= 11 is 0. The van der Waals surface area contributed by atoms with Crippen molar-refractivity contribution in [3.63, 3.8) is 0 Å². The quantitative estimate of drug-likeness (QED) is 0.742. The van der Waals surface area contributed by atoms with Gasteiger partial charge in [-0.1, -0.05) is 0 Å². The zero-order valence-electron chi connectivity index (χ0n) is 10.3. The van der Waals surface area contributed by atoms with Crippen molar-refractivity contribution in [2.75, 3.05) is 19.8 Å². The fourth-order valence-electron chi connectivity index (χ4n) is 1.42. The van der Waals surface area contributed by atoms with Gasteiger partial charge in [0.1, 0.15) is 5.75 Å². The highest BCUT2D eigenvalue weighted by Gasteiger charge is 2.06. The third-order valence-corrected chi connectivity index (χ3v) is 2.41. The Balaban J connectivity index is 2.39. The van der Waals surface area contributed by atoms with Crippen molar-refractivity contribution in [3.05, 3.63) is 29.3 Å². The number of carbonyl (C=O) groups excluding carboxylic acids is 1. The van der Waals surface area contributed by atoms with Crippen molar-refractivity contribution < 1.29 is 14.6 Å². The first-order valence-electron chi connectivity index (χ1n) is 5.80. The van der Waals surface area contributed by atoms with Gasteiger partial charge in [-0.15, -0.1) is 0 Å². The highest BCUT2D eigenvalue weighted by Crippen LogP contribution is 2.16. The summed E-state index contributed by atoms with van der Waals surface area (Å²) in [5.74, 6) is 0.0856. The maximum absolute atomic E-state index is 11.7. The minimum absolute atomic E-state index is 0.121. The highest BCUT2D eigenvalue weighted by atomic mass is 16.5. The van der Waals surface area contributed by atoms with Gasteiger partial charge >= 0.3 is 0 Å². The normalized spacial score (nSPS) is 10.2. The number of benzene rings is 1. The van der Waals surface area contributed by atoms with Crippen molar-refractivity contribution in [2.45, 2.75) is 20.3 Å². The van der Waals surface area contributed by atoms with Crippen LogP contribution >= 0.6 is 0 Å². The summed E-state index contributed by atoms with van der Waals surface area (Å²) < 4.78 is 5.17. The van der Waals surface area contributed by atoms with Gasteiger partial charge in [0.15, 0.2) is 0 Å². The molecule has 1 amide bonds. The second-order valence-electron chi connectivity index (χ2n) is 3.81. The van der Waals surface area contributed by atoms with Crippen LogP contribution < -0.4 is 5.32 Å².